The van der Waals surface area contributed by atoms with Gasteiger partial charge in [0, 0.05) is 16.0 Å². The summed E-state index contributed by atoms with van der Waals surface area (Å²) in [6.45, 7) is 1.54. The normalized spacial score (nSPS) is 28.6. The van der Waals surface area contributed by atoms with Crippen molar-refractivity contribution >= 4 is 62.5 Å². The summed E-state index contributed by atoms with van der Waals surface area (Å²) in [5, 5.41) is 9.31. The summed E-state index contributed by atoms with van der Waals surface area (Å²) in [6, 6.07) is 17.9. The molecule has 4 aliphatic rings. The smallest absolute Gasteiger partial charge is 0.241 e. The highest BCUT2D eigenvalue weighted by Crippen LogP contribution is 2.64. The van der Waals surface area contributed by atoms with E-state index in [0.29, 0.717) is 23.4 Å². The molecule has 2 heterocycles. The van der Waals surface area contributed by atoms with Crippen LogP contribution < -0.4 is 14.5 Å². The minimum absolute atomic E-state index is 0.0132. The lowest BCUT2D eigenvalue weighted by molar-refractivity contribution is -0.131. The highest BCUT2D eigenvalue weighted by molar-refractivity contribution is 9.10. The molecule has 0 aromatic heterocycles. The van der Waals surface area contributed by atoms with Gasteiger partial charge in [-0.3, -0.25) is 24.1 Å². The van der Waals surface area contributed by atoms with Gasteiger partial charge in [-0.25, -0.2) is 9.29 Å². The van der Waals surface area contributed by atoms with E-state index >= 15 is 0 Å². The lowest BCUT2D eigenvalue weighted by Crippen LogP contribution is -2.49. The largest absolute Gasteiger partial charge is 0.491 e. The van der Waals surface area contributed by atoms with Gasteiger partial charge in [0.2, 0.25) is 23.6 Å². The Morgan fingerprint density at radius 2 is 1.67 bits per heavy atom. The number of hydrogen-bond acceptors (Lipinski definition) is 6. The van der Waals surface area contributed by atoms with Crippen molar-refractivity contribution in [3.63, 3.8) is 0 Å². The van der Waals surface area contributed by atoms with Crippen LogP contribution >= 0.6 is 27.5 Å². The van der Waals surface area contributed by atoms with E-state index in [1.54, 1.807) is 43.3 Å². The number of hydrogen-bond donors (Lipinski definition) is 1. The molecular formula is C35H29BrClFN2O6. The third-order valence-electron chi connectivity index (χ3n) is 10.1. The van der Waals surface area contributed by atoms with Crippen LogP contribution in [0.25, 0.3) is 0 Å². The maximum atomic E-state index is 14.6. The van der Waals surface area contributed by atoms with Gasteiger partial charge < -0.3 is 9.84 Å². The average Bonchev–Trinajstić information content (AvgIpc) is 3.41. The van der Waals surface area contributed by atoms with Gasteiger partial charge in [0.05, 0.1) is 46.2 Å². The van der Waals surface area contributed by atoms with E-state index in [1.807, 2.05) is 18.2 Å². The lowest BCUT2D eigenvalue weighted by atomic mass is 9.51. The molecule has 2 aliphatic heterocycles. The molecule has 3 aromatic rings. The molecule has 3 fully saturated rings. The molecule has 1 saturated carbocycles. The molecule has 3 aromatic carbocycles. The topological polar surface area (TPSA) is 104 Å². The minimum atomic E-state index is -1.32. The number of aliphatic hydroxyl groups is 1. The van der Waals surface area contributed by atoms with E-state index in [9.17, 15) is 28.7 Å². The number of aliphatic hydroxyl groups excluding tert-OH is 1. The summed E-state index contributed by atoms with van der Waals surface area (Å²) < 4.78 is 20.9. The van der Waals surface area contributed by atoms with Gasteiger partial charge in [-0.1, -0.05) is 57.4 Å². The monoisotopic (exact) mass is 706 g/mol. The van der Waals surface area contributed by atoms with Crippen molar-refractivity contribution in [1.82, 2.24) is 0 Å². The van der Waals surface area contributed by atoms with Crippen molar-refractivity contribution in [2.45, 2.75) is 25.7 Å². The number of rotatable bonds is 6. The predicted molar refractivity (Wildman–Crippen MR) is 172 cm³/mol. The molecule has 6 unspecified atom stereocenters. The Hall–Kier alpha value is -3.86. The number of fused-ring (bicyclic) bond motifs is 4. The van der Waals surface area contributed by atoms with Gasteiger partial charge >= 0.3 is 0 Å². The third kappa shape index (κ3) is 4.48. The van der Waals surface area contributed by atoms with Crippen molar-refractivity contribution in [3.8, 4) is 5.75 Å². The van der Waals surface area contributed by atoms with E-state index in [1.165, 1.54) is 17.0 Å². The number of amides is 4. The molecule has 11 heteroatoms. The zero-order chi connectivity index (χ0) is 32.5. The van der Waals surface area contributed by atoms with Crippen LogP contribution in [0.4, 0.5) is 15.8 Å². The number of ether oxygens (including phenoxy) is 1. The molecule has 0 radical (unpaired) electrons. The van der Waals surface area contributed by atoms with Crippen molar-refractivity contribution in [1.29, 1.82) is 0 Å². The fraction of sp³-hybridized carbons (Fsp3) is 0.314. The zero-order valence-electron chi connectivity index (χ0n) is 24.7. The van der Waals surface area contributed by atoms with Crippen LogP contribution in [0.1, 0.15) is 31.2 Å². The summed E-state index contributed by atoms with van der Waals surface area (Å²) >= 11 is 9.49. The molecule has 8 nitrogen and oxygen atoms in total. The number of para-hydroxylation sites is 1. The fourth-order valence-corrected chi connectivity index (χ4v) is 8.52. The van der Waals surface area contributed by atoms with Crippen molar-refractivity contribution < 1.29 is 33.4 Å². The second kappa shape index (κ2) is 11.4. The molecule has 2 saturated heterocycles. The van der Waals surface area contributed by atoms with Crippen molar-refractivity contribution in [2.24, 2.45) is 29.1 Å². The first-order valence-corrected chi connectivity index (χ1v) is 16.2. The minimum Gasteiger partial charge on any atom is -0.491 e. The van der Waals surface area contributed by atoms with Gasteiger partial charge in [-0.05, 0) is 74.2 Å². The molecular weight excluding hydrogens is 679 g/mol. The fourth-order valence-electron chi connectivity index (χ4n) is 8.08. The first-order valence-electron chi connectivity index (χ1n) is 15.1. The summed E-state index contributed by atoms with van der Waals surface area (Å²) in [6.07, 6.45) is 2.43. The number of carbonyl (C=O) groups is 4. The highest BCUT2D eigenvalue weighted by atomic mass is 79.9. The number of halogens is 3. The van der Waals surface area contributed by atoms with E-state index in [0.717, 1.165) is 21.0 Å². The molecule has 0 spiro atoms. The van der Waals surface area contributed by atoms with E-state index in [-0.39, 0.29) is 42.2 Å². The summed E-state index contributed by atoms with van der Waals surface area (Å²) in [4.78, 5) is 59.2. The van der Waals surface area contributed by atoms with Crippen LogP contribution in [0.5, 0.6) is 5.75 Å². The Kier molecular flexibility index (Phi) is 7.65. The van der Waals surface area contributed by atoms with Gasteiger partial charge in [0.1, 0.15) is 18.2 Å². The van der Waals surface area contributed by atoms with Crippen molar-refractivity contribution in [2.75, 3.05) is 23.0 Å². The quantitative estimate of drug-likeness (QED) is 0.247. The molecule has 6 atom stereocenters. The van der Waals surface area contributed by atoms with Crippen LogP contribution in [-0.2, 0) is 19.2 Å². The van der Waals surface area contributed by atoms with Crippen LogP contribution in [-0.4, -0.2) is 41.9 Å². The molecule has 1 N–H and O–H groups in total. The number of imide groups is 2. The van der Waals surface area contributed by atoms with Gasteiger partial charge in [0.15, 0.2) is 0 Å². The molecule has 46 heavy (non-hydrogen) atoms. The predicted octanol–water partition coefficient (Wildman–Crippen LogP) is 6.05. The van der Waals surface area contributed by atoms with Crippen molar-refractivity contribution in [3.05, 3.63) is 99.3 Å². The van der Waals surface area contributed by atoms with E-state index in [4.69, 9.17) is 16.3 Å². The number of allylic oxidation sites excluding steroid dienone is 2. The Morgan fingerprint density at radius 3 is 2.39 bits per heavy atom. The SMILES string of the molecule is CC12C(=O)N(c3ccc(F)c(Cl)c3)C(=O)C1CC1C(=CCC3C(=O)N(c4ccc(Br)cc4)C(=O)C31)C2c1ccccc1OCCO. The third-order valence-corrected chi connectivity index (χ3v) is 10.9. The maximum absolute atomic E-state index is 14.6. The lowest BCUT2D eigenvalue weighted by Gasteiger charge is -2.49. The number of carbonyl (C=O) groups excluding carboxylic acids is 4. The van der Waals surface area contributed by atoms with Gasteiger partial charge in [-0.2, -0.15) is 0 Å². The first-order chi connectivity index (χ1) is 22.1. The van der Waals surface area contributed by atoms with Crippen LogP contribution in [0.3, 0.4) is 0 Å². The summed E-state index contributed by atoms with van der Waals surface area (Å²) in [7, 11) is 0. The first kappa shape index (κ1) is 30.8. The average molecular weight is 708 g/mol. The Morgan fingerprint density at radius 1 is 0.957 bits per heavy atom. The molecule has 7 rings (SSSR count). The zero-order valence-corrected chi connectivity index (χ0v) is 27.0. The van der Waals surface area contributed by atoms with Gasteiger partial charge in [-0.15, -0.1) is 0 Å². The van der Waals surface area contributed by atoms with E-state index in [2.05, 4.69) is 15.9 Å². The van der Waals surface area contributed by atoms with Crippen LogP contribution in [0, 0.1) is 34.9 Å². The summed E-state index contributed by atoms with van der Waals surface area (Å²) in [5.74, 6) is -5.24. The maximum Gasteiger partial charge on any atom is 0.241 e. The van der Waals surface area contributed by atoms with E-state index < -0.39 is 52.6 Å². The Balaban J connectivity index is 1.37. The molecule has 236 valence electrons. The Bertz CT molecular complexity index is 1830. The standard InChI is InChI=1S/C35H29BrClFN2O6/c1-35-25(32(43)40(34(35)45)20-10-13-27(38)26(37)16-20)17-24-21(30(35)22-4-2-3-5-28(22)46-15-14-41)11-12-23-29(24)33(44)39(31(23)42)19-8-6-18(36)7-9-19/h2-11,13,16,23-25,29-30,41H,12,14-15,17H2,1H3. The number of nitrogens with zero attached hydrogens (tertiary/aromatic N) is 2. The summed E-state index contributed by atoms with van der Waals surface area (Å²) in [5.41, 5.74) is 0.756. The second-order valence-electron chi connectivity index (χ2n) is 12.4. The van der Waals surface area contributed by atoms with Crippen LogP contribution in [0.2, 0.25) is 5.02 Å². The molecule has 0 bridgehead atoms. The molecule has 2 aliphatic carbocycles. The number of benzene rings is 3. The number of anilines is 2. The van der Waals surface area contributed by atoms with Gasteiger partial charge in [0.25, 0.3) is 0 Å². The Labute approximate surface area is 277 Å². The second-order valence-corrected chi connectivity index (χ2v) is 13.7. The molecule has 4 amide bonds. The van der Waals surface area contributed by atoms with Crippen LogP contribution in [0.15, 0.2) is 82.9 Å². The highest BCUT2D eigenvalue weighted by Gasteiger charge is 2.68.